The summed E-state index contributed by atoms with van der Waals surface area (Å²) in [6.07, 6.45) is -2.85. The lowest BCUT2D eigenvalue weighted by Gasteiger charge is -2.38. The van der Waals surface area contributed by atoms with Crippen LogP contribution in [0.1, 0.15) is 17.5 Å². The van der Waals surface area contributed by atoms with Crippen molar-refractivity contribution < 1.29 is 31.9 Å². The quantitative estimate of drug-likeness (QED) is 0.653. The van der Waals surface area contributed by atoms with Gasteiger partial charge in [0.05, 0.1) is 24.2 Å². The fourth-order valence-corrected chi connectivity index (χ4v) is 3.98. The standard InChI is InChI=1S/C21H26O7S/c1-15-8-10-17(11-9-15)29(23,24)27-14-19-21(22)18(12-20(25-2)28-19)26-13-16-6-4-3-5-7-16/h3-11,18-22H,12-14H2,1-2H3/t18-,19+,20?,21+/m0/s1. The van der Waals surface area contributed by atoms with Crippen molar-refractivity contribution in [2.75, 3.05) is 13.7 Å². The van der Waals surface area contributed by atoms with Crippen molar-refractivity contribution >= 4 is 10.1 Å². The van der Waals surface area contributed by atoms with Gasteiger partial charge in [0.25, 0.3) is 10.1 Å². The Balaban J connectivity index is 1.63. The zero-order chi connectivity index (χ0) is 20.9. The second-order valence-corrected chi connectivity index (χ2v) is 8.57. The van der Waals surface area contributed by atoms with Crippen molar-refractivity contribution in [2.45, 2.75) is 49.4 Å². The molecule has 0 spiro atoms. The molecule has 0 bridgehead atoms. The smallest absolute Gasteiger partial charge is 0.297 e. The molecule has 2 aromatic rings. The van der Waals surface area contributed by atoms with Crippen LogP contribution in [-0.2, 0) is 35.1 Å². The van der Waals surface area contributed by atoms with Gasteiger partial charge in [-0.25, -0.2) is 0 Å². The van der Waals surface area contributed by atoms with Crippen LogP contribution in [0.15, 0.2) is 59.5 Å². The number of aliphatic hydroxyl groups excluding tert-OH is 1. The lowest BCUT2D eigenvalue weighted by atomic mass is 10.0. The Morgan fingerprint density at radius 1 is 1.10 bits per heavy atom. The Bertz CT molecular complexity index is 868. The highest BCUT2D eigenvalue weighted by Gasteiger charge is 2.39. The van der Waals surface area contributed by atoms with Gasteiger partial charge in [-0.2, -0.15) is 8.42 Å². The monoisotopic (exact) mass is 422 g/mol. The number of ether oxygens (including phenoxy) is 3. The van der Waals surface area contributed by atoms with Gasteiger partial charge in [-0.3, -0.25) is 4.18 Å². The van der Waals surface area contributed by atoms with E-state index in [0.717, 1.165) is 11.1 Å². The third kappa shape index (κ3) is 5.85. The van der Waals surface area contributed by atoms with Crippen LogP contribution in [0.4, 0.5) is 0 Å². The minimum atomic E-state index is -3.97. The van der Waals surface area contributed by atoms with E-state index in [1.807, 2.05) is 37.3 Å². The average molecular weight is 422 g/mol. The molecule has 1 heterocycles. The molecular weight excluding hydrogens is 396 g/mol. The lowest BCUT2D eigenvalue weighted by molar-refractivity contribution is -0.256. The zero-order valence-electron chi connectivity index (χ0n) is 16.4. The molecule has 2 aromatic carbocycles. The minimum absolute atomic E-state index is 0.0496. The molecule has 7 nitrogen and oxygen atoms in total. The third-order valence-electron chi connectivity index (χ3n) is 4.78. The number of hydrogen-bond donors (Lipinski definition) is 1. The maximum atomic E-state index is 12.4. The largest absolute Gasteiger partial charge is 0.388 e. The van der Waals surface area contributed by atoms with Crippen molar-refractivity contribution in [3.8, 4) is 0 Å². The van der Waals surface area contributed by atoms with E-state index in [2.05, 4.69) is 0 Å². The second-order valence-electron chi connectivity index (χ2n) is 6.95. The molecule has 1 N–H and O–H groups in total. The number of methoxy groups -OCH3 is 1. The Morgan fingerprint density at radius 2 is 1.79 bits per heavy atom. The first kappa shape index (κ1) is 21.9. The van der Waals surface area contributed by atoms with Crippen LogP contribution in [0.3, 0.4) is 0 Å². The van der Waals surface area contributed by atoms with E-state index in [-0.39, 0.29) is 11.5 Å². The van der Waals surface area contributed by atoms with Gasteiger partial charge in [-0.05, 0) is 24.6 Å². The van der Waals surface area contributed by atoms with Gasteiger partial charge >= 0.3 is 0 Å². The van der Waals surface area contributed by atoms with E-state index in [9.17, 15) is 13.5 Å². The predicted octanol–water partition coefficient (Wildman–Crippen LogP) is 2.41. The van der Waals surface area contributed by atoms with Gasteiger partial charge in [-0.1, -0.05) is 48.0 Å². The highest BCUT2D eigenvalue weighted by atomic mass is 32.2. The Labute approximate surface area is 171 Å². The number of aliphatic hydroxyl groups is 1. The molecule has 29 heavy (non-hydrogen) atoms. The molecule has 4 atom stereocenters. The van der Waals surface area contributed by atoms with Gasteiger partial charge in [0.2, 0.25) is 0 Å². The minimum Gasteiger partial charge on any atom is -0.388 e. The Kier molecular flexibility index (Phi) is 7.39. The molecule has 1 fully saturated rings. The van der Waals surface area contributed by atoms with E-state index in [4.69, 9.17) is 18.4 Å². The van der Waals surface area contributed by atoms with Crippen LogP contribution in [0.5, 0.6) is 0 Å². The fourth-order valence-electron chi connectivity index (χ4n) is 3.06. The maximum Gasteiger partial charge on any atom is 0.297 e. The van der Waals surface area contributed by atoms with Crippen LogP contribution < -0.4 is 0 Å². The predicted molar refractivity (Wildman–Crippen MR) is 106 cm³/mol. The van der Waals surface area contributed by atoms with Gasteiger partial charge in [0.1, 0.15) is 12.2 Å². The van der Waals surface area contributed by atoms with Crippen LogP contribution in [0.2, 0.25) is 0 Å². The molecule has 1 aliphatic rings. The van der Waals surface area contributed by atoms with Crippen molar-refractivity contribution in [2.24, 2.45) is 0 Å². The first-order chi connectivity index (χ1) is 13.9. The fraction of sp³-hybridized carbons (Fsp3) is 0.429. The first-order valence-corrected chi connectivity index (χ1v) is 10.8. The summed E-state index contributed by atoms with van der Waals surface area (Å²) in [6.45, 7) is 1.83. The molecule has 1 saturated heterocycles. The second kappa shape index (κ2) is 9.80. The highest BCUT2D eigenvalue weighted by molar-refractivity contribution is 7.86. The molecule has 0 aromatic heterocycles. The van der Waals surface area contributed by atoms with E-state index in [0.29, 0.717) is 13.0 Å². The summed E-state index contributed by atoms with van der Waals surface area (Å²) in [6, 6.07) is 15.9. The van der Waals surface area contributed by atoms with Crippen LogP contribution >= 0.6 is 0 Å². The molecule has 0 radical (unpaired) electrons. The summed E-state index contributed by atoms with van der Waals surface area (Å²) in [5.41, 5.74) is 1.91. The third-order valence-corrected chi connectivity index (χ3v) is 6.08. The molecule has 1 aliphatic heterocycles. The molecule has 8 heteroatoms. The summed E-state index contributed by atoms with van der Waals surface area (Å²) < 4.78 is 46.7. The maximum absolute atomic E-state index is 12.4. The molecule has 0 amide bonds. The first-order valence-electron chi connectivity index (χ1n) is 9.37. The molecule has 158 valence electrons. The number of aryl methyl sites for hydroxylation is 1. The topological polar surface area (TPSA) is 91.3 Å². The van der Waals surface area contributed by atoms with Gasteiger partial charge < -0.3 is 19.3 Å². The molecule has 0 aliphatic carbocycles. The van der Waals surface area contributed by atoms with E-state index >= 15 is 0 Å². The molecule has 0 saturated carbocycles. The summed E-state index contributed by atoms with van der Waals surface area (Å²) >= 11 is 0. The number of benzene rings is 2. The van der Waals surface area contributed by atoms with Gasteiger partial charge in [0.15, 0.2) is 6.29 Å². The van der Waals surface area contributed by atoms with Crippen molar-refractivity contribution in [3.63, 3.8) is 0 Å². The van der Waals surface area contributed by atoms with E-state index < -0.39 is 34.7 Å². The Morgan fingerprint density at radius 3 is 2.45 bits per heavy atom. The average Bonchev–Trinajstić information content (AvgIpc) is 2.73. The molecule has 3 rings (SSSR count). The van der Waals surface area contributed by atoms with Crippen molar-refractivity contribution in [1.29, 1.82) is 0 Å². The molecule has 1 unspecified atom stereocenters. The number of hydrogen-bond acceptors (Lipinski definition) is 7. The number of rotatable bonds is 8. The van der Waals surface area contributed by atoms with E-state index in [1.54, 1.807) is 12.1 Å². The van der Waals surface area contributed by atoms with E-state index in [1.165, 1.54) is 19.2 Å². The summed E-state index contributed by atoms with van der Waals surface area (Å²) in [4.78, 5) is 0.0496. The summed E-state index contributed by atoms with van der Waals surface area (Å²) in [5, 5.41) is 10.6. The summed E-state index contributed by atoms with van der Waals surface area (Å²) in [7, 11) is -2.49. The SMILES string of the molecule is COC1C[C@H](OCc2ccccc2)[C@@H](O)[C@@H](COS(=O)(=O)c2ccc(C)cc2)O1. The van der Waals surface area contributed by atoms with Crippen molar-refractivity contribution in [1.82, 2.24) is 0 Å². The van der Waals surface area contributed by atoms with Gasteiger partial charge in [-0.15, -0.1) is 0 Å². The Hall–Kier alpha value is -1.81. The van der Waals surface area contributed by atoms with Crippen molar-refractivity contribution in [3.05, 3.63) is 65.7 Å². The van der Waals surface area contributed by atoms with Crippen LogP contribution in [0, 0.1) is 6.92 Å². The highest BCUT2D eigenvalue weighted by Crippen LogP contribution is 2.25. The van der Waals surface area contributed by atoms with Gasteiger partial charge in [0, 0.05) is 13.5 Å². The lowest BCUT2D eigenvalue weighted by Crippen LogP contribution is -2.51. The molecular formula is C21H26O7S. The zero-order valence-corrected chi connectivity index (χ0v) is 17.2. The van der Waals surface area contributed by atoms with Crippen LogP contribution in [-0.4, -0.2) is 51.8 Å². The van der Waals surface area contributed by atoms with Crippen LogP contribution in [0.25, 0.3) is 0 Å². The summed E-state index contributed by atoms with van der Waals surface area (Å²) in [5.74, 6) is 0. The normalized spacial score (nSPS) is 25.1.